The van der Waals surface area contributed by atoms with Crippen molar-refractivity contribution in [3.8, 4) is 5.69 Å². The van der Waals surface area contributed by atoms with Crippen molar-refractivity contribution < 1.29 is 9.90 Å². The Bertz CT molecular complexity index is 797. The van der Waals surface area contributed by atoms with Gasteiger partial charge in [0, 0.05) is 5.56 Å². The van der Waals surface area contributed by atoms with Crippen molar-refractivity contribution in [2.75, 3.05) is 6.54 Å². The summed E-state index contributed by atoms with van der Waals surface area (Å²) >= 11 is 0. The summed E-state index contributed by atoms with van der Waals surface area (Å²) < 4.78 is 1.61. The number of rotatable bonds is 5. The average Bonchev–Trinajstić information content (AvgIpc) is 3.15. The summed E-state index contributed by atoms with van der Waals surface area (Å²) in [6.07, 6.45) is 3.32. The first-order valence-electron chi connectivity index (χ1n) is 7.59. The van der Waals surface area contributed by atoms with Crippen molar-refractivity contribution in [2.45, 2.75) is 12.5 Å². The minimum atomic E-state index is -1.13. The van der Waals surface area contributed by atoms with Crippen molar-refractivity contribution in [1.29, 1.82) is 0 Å². The van der Waals surface area contributed by atoms with Crippen LogP contribution in [0.25, 0.3) is 5.69 Å². The van der Waals surface area contributed by atoms with Gasteiger partial charge in [0.15, 0.2) is 0 Å². The molecule has 0 aliphatic heterocycles. The number of aliphatic hydroxyl groups is 1. The number of hydrogen-bond donors (Lipinski definition) is 2. The van der Waals surface area contributed by atoms with Crippen LogP contribution in [0.2, 0.25) is 0 Å². The molecule has 1 atom stereocenters. The third-order valence-electron chi connectivity index (χ3n) is 3.81. The Morgan fingerprint density at radius 1 is 1.17 bits per heavy atom. The molecule has 0 fully saturated rings. The molecule has 3 rings (SSSR count). The Balaban J connectivity index is 1.65. The van der Waals surface area contributed by atoms with E-state index in [9.17, 15) is 9.90 Å². The van der Waals surface area contributed by atoms with Gasteiger partial charge in [0.1, 0.15) is 5.60 Å². The monoisotopic (exact) mass is 322 g/mol. The topological polar surface area (TPSA) is 80.0 Å². The lowest BCUT2D eigenvalue weighted by molar-refractivity contribution is 0.0526. The Labute approximate surface area is 139 Å². The van der Waals surface area contributed by atoms with E-state index in [1.807, 2.05) is 30.3 Å². The van der Waals surface area contributed by atoms with Gasteiger partial charge in [-0.15, -0.1) is 5.10 Å². The maximum Gasteiger partial charge on any atom is 0.251 e. The van der Waals surface area contributed by atoms with Crippen LogP contribution in [0, 0.1) is 0 Å². The van der Waals surface area contributed by atoms with E-state index in [1.165, 1.54) is 0 Å². The van der Waals surface area contributed by atoms with Crippen molar-refractivity contribution in [3.63, 3.8) is 0 Å². The van der Waals surface area contributed by atoms with Gasteiger partial charge < -0.3 is 10.4 Å². The summed E-state index contributed by atoms with van der Waals surface area (Å²) in [6, 6.07) is 16.3. The fraction of sp³-hybridized carbons (Fsp3) is 0.167. The molecule has 2 N–H and O–H groups in total. The van der Waals surface area contributed by atoms with Crippen LogP contribution in [0.15, 0.2) is 67.0 Å². The lowest BCUT2D eigenvalue weighted by atomic mass is 9.96. The minimum absolute atomic E-state index is 0.126. The number of nitrogens with one attached hydrogen (secondary N) is 1. The molecule has 0 saturated heterocycles. The van der Waals surface area contributed by atoms with Gasteiger partial charge in [-0.3, -0.25) is 4.79 Å². The van der Waals surface area contributed by atoms with Gasteiger partial charge in [-0.2, -0.15) is 0 Å². The molecule has 6 heteroatoms. The predicted octanol–water partition coefficient (Wildman–Crippen LogP) is 1.90. The molecule has 0 radical (unpaired) electrons. The molecule has 0 aliphatic rings. The first-order chi connectivity index (χ1) is 11.6. The second-order valence-electron chi connectivity index (χ2n) is 5.72. The van der Waals surface area contributed by atoms with Gasteiger partial charge in [-0.25, -0.2) is 4.68 Å². The summed E-state index contributed by atoms with van der Waals surface area (Å²) in [5.41, 5.74) is 0.965. The van der Waals surface area contributed by atoms with Gasteiger partial charge >= 0.3 is 0 Å². The highest BCUT2D eigenvalue weighted by Crippen LogP contribution is 2.19. The summed E-state index contributed by atoms with van der Waals surface area (Å²) in [6.45, 7) is 1.80. The zero-order chi connectivity index (χ0) is 17.0. The van der Waals surface area contributed by atoms with Crippen LogP contribution in [0.3, 0.4) is 0 Å². The molecular weight excluding hydrogens is 304 g/mol. The van der Waals surface area contributed by atoms with E-state index in [2.05, 4.69) is 15.6 Å². The molecule has 0 saturated carbocycles. The number of amides is 1. The molecule has 6 nitrogen and oxygen atoms in total. The second kappa shape index (κ2) is 6.64. The average molecular weight is 322 g/mol. The van der Waals surface area contributed by atoms with Gasteiger partial charge in [0.25, 0.3) is 5.91 Å². The van der Waals surface area contributed by atoms with E-state index in [0.29, 0.717) is 5.56 Å². The van der Waals surface area contributed by atoms with E-state index in [-0.39, 0.29) is 12.5 Å². The van der Waals surface area contributed by atoms with E-state index < -0.39 is 5.60 Å². The largest absolute Gasteiger partial charge is 0.384 e. The van der Waals surface area contributed by atoms with Crippen LogP contribution < -0.4 is 5.32 Å². The quantitative estimate of drug-likeness (QED) is 0.752. The third-order valence-corrected chi connectivity index (χ3v) is 3.81. The summed E-state index contributed by atoms with van der Waals surface area (Å²) in [5.74, 6) is -0.239. The maximum absolute atomic E-state index is 12.3. The molecule has 1 aromatic heterocycles. The summed E-state index contributed by atoms with van der Waals surface area (Å²) in [4.78, 5) is 12.3. The molecule has 122 valence electrons. The number of carbonyl (C=O) groups excluding carboxylic acids is 1. The molecule has 1 unspecified atom stereocenters. The van der Waals surface area contributed by atoms with Crippen LogP contribution in [0.1, 0.15) is 22.8 Å². The SMILES string of the molecule is CC(O)(CNC(=O)c1ccc(-n2ccnn2)cc1)c1ccccc1. The number of hydrogen-bond acceptors (Lipinski definition) is 4. The summed E-state index contributed by atoms with van der Waals surface area (Å²) in [5, 5.41) is 20.9. The normalized spacial score (nSPS) is 13.2. The van der Waals surface area contributed by atoms with Gasteiger partial charge in [0.05, 0.1) is 24.6 Å². The van der Waals surface area contributed by atoms with Crippen LogP contribution in [-0.4, -0.2) is 32.6 Å². The molecule has 0 spiro atoms. The van der Waals surface area contributed by atoms with Crippen molar-refractivity contribution in [3.05, 3.63) is 78.1 Å². The molecule has 1 amide bonds. The third kappa shape index (κ3) is 3.49. The Morgan fingerprint density at radius 3 is 2.50 bits per heavy atom. The number of nitrogens with zero attached hydrogens (tertiary/aromatic N) is 3. The van der Waals surface area contributed by atoms with Gasteiger partial charge in [-0.05, 0) is 36.8 Å². The lowest BCUT2D eigenvalue weighted by Gasteiger charge is -2.24. The number of aromatic nitrogens is 3. The van der Waals surface area contributed by atoms with Gasteiger partial charge in [-0.1, -0.05) is 35.5 Å². The smallest absolute Gasteiger partial charge is 0.251 e. The molecule has 2 aromatic carbocycles. The molecule has 1 heterocycles. The maximum atomic E-state index is 12.3. The van der Waals surface area contributed by atoms with Crippen LogP contribution in [-0.2, 0) is 5.60 Å². The van der Waals surface area contributed by atoms with Gasteiger partial charge in [0.2, 0.25) is 0 Å². The van der Waals surface area contributed by atoms with E-state index >= 15 is 0 Å². The fourth-order valence-electron chi connectivity index (χ4n) is 2.37. The lowest BCUT2D eigenvalue weighted by Crippen LogP contribution is -2.38. The highest BCUT2D eigenvalue weighted by Gasteiger charge is 2.23. The second-order valence-corrected chi connectivity index (χ2v) is 5.72. The number of carbonyl (C=O) groups is 1. The molecular formula is C18H18N4O2. The van der Waals surface area contributed by atoms with E-state index in [4.69, 9.17) is 0 Å². The first kappa shape index (κ1) is 15.9. The number of benzene rings is 2. The van der Waals surface area contributed by atoms with Crippen LogP contribution in [0.4, 0.5) is 0 Å². The van der Waals surface area contributed by atoms with E-state index in [0.717, 1.165) is 11.3 Å². The minimum Gasteiger partial charge on any atom is -0.384 e. The molecule has 0 bridgehead atoms. The highest BCUT2D eigenvalue weighted by molar-refractivity contribution is 5.94. The zero-order valence-electron chi connectivity index (χ0n) is 13.3. The zero-order valence-corrected chi connectivity index (χ0v) is 13.3. The molecule has 24 heavy (non-hydrogen) atoms. The predicted molar refractivity (Wildman–Crippen MR) is 89.7 cm³/mol. The fourth-order valence-corrected chi connectivity index (χ4v) is 2.37. The molecule has 3 aromatic rings. The first-order valence-corrected chi connectivity index (χ1v) is 7.59. The van der Waals surface area contributed by atoms with Crippen molar-refractivity contribution >= 4 is 5.91 Å². The Hall–Kier alpha value is -2.99. The molecule has 0 aliphatic carbocycles. The van der Waals surface area contributed by atoms with Crippen molar-refractivity contribution in [2.24, 2.45) is 0 Å². The van der Waals surface area contributed by atoms with E-state index in [1.54, 1.807) is 48.3 Å². The Morgan fingerprint density at radius 2 is 1.88 bits per heavy atom. The van der Waals surface area contributed by atoms with Crippen LogP contribution in [0.5, 0.6) is 0 Å². The van der Waals surface area contributed by atoms with Crippen molar-refractivity contribution in [1.82, 2.24) is 20.3 Å². The Kier molecular flexibility index (Phi) is 4.39. The highest BCUT2D eigenvalue weighted by atomic mass is 16.3. The standard InChI is InChI=1S/C18H18N4O2/c1-18(24,15-5-3-2-4-6-15)13-19-17(23)14-7-9-16(10-8-14)22-12-11-20-21-22/h2-12,24H,13H2,1H3,(H,19,23). The van der Waals surface area contributed by atoms with Crippen LogP contribution >= 0.6 is 0 Å². The summed E-state index contributed by atoms with van der Waals surface area (Å²) in [7, 11) is 0.